The summed E-state index contributed by atoms with van der Waals surface area (Å²) in [6.07, 6.45) is 0. The van der Waals surface area contributed by atoms with Crippen LogP contribution in [0.1, 0.15) is 5.56 Å². The number of nitrogen functional groups attached to an aromatic ring is 1. The van der Waals surface area contributed by atoms with Crippen molar-refractivity contribution in [3.63, 3.8) is 0 Å². The Hall–Kier alpha value is -1.07. The molecule has 0 atom stereocenters. The molecule has 2 N–H and O–H groups in total. The Labute approximate surface area is 90.4 Å². The van der Waals surface area contributed by atoms with Gasteiger partial charge in [-0.05, 0) is 19.1 Å². The standard InChI is InChI=1S/C9H9N3S2/c1-6-2-4-7(5-3-6)13-9-12-11-8(10)14-9/h2-5H,1H3,(H2,10,11). The molecule has 3 nitrogen and oxygen atoms in total. The van der Waals surface area contributed by atoms with Crippen molar-refractivity contribution in [1.82, 2.24) is 10.2 Å². The monoisotopic (exact) mass is 223 g/mol. The molecule has 2 aromatic rings. The Balaban J connectivity index is 2.15. The van der Waals surface area contributed by atoms with Crippen molar-refractivity contribution >= 4 is 28.2 Å². The molecule has 0 amide bonds. The van der Waals surface area contributed by atoms with Crippen LogP contribution in [0.4, 0.5) is 5.13 Å². The summed E-state index contributed by atoms with van der Waals surface area (Å²) in [5.41, 5.74) is 6.74. The quantitative estimate of drug-likeness (QED) is 0.850. The summed E-state index contributed by atoms with van der Waals surface area (Å²) in [5, 5.41) is 8.21. The normalized spacial score (nSPS) is 10.4. The second-order valence-electron chi connectivity index (χ2n) is 2.82. The zero-order chi connectivity index (χ0) is 9.97. The van der Waals surface area contributed by atoms with Crippen LogP contribution in [0.3, 0.4) is 0 Å². The predicted octanol–water partition coefficient (Wildman–Crippen LogP) is 2.58. The SMILES string of the molecule is Cc1ccc(Sc2nnc(N)s2)cc1. The van der Waals surface area contributed by atoms with Crippen LogP contribution in [0.2, 0.25) is 0 Å². The molecule has 2 rings (SSSR count). The Morgan fingerprint density at radius 1 is 1.21 bits per heavy atom. The molecule has 0 saturated heterocycles. The van der Waals surface area contributed by atoms with Crippen LogP contribution in [-0.2, 0) is 0 Å². The van der Waals surface area contributed by atoms with Crippen LogP contribution in [0.25, 0.3) is 0 Å². The smallest absolute Gasteiger partial charge is 0.203 e. The van der Waals surface area contributed by atoms with E-state index in [1.165, 1.54) is 16.9 Å². The molecule has 1 aromatic heterocycles. The molecule has 14 heavy (non-hydrogen) atoms. The third-order valence-corrected chi connectivity index (χ3v) is 3.46. The van der Waals surface area contributed by atoms with Gasteiger partial charge in [-0.1, -0.05) is 40.8 Å². The lowest BCUT2D eigenvalue weighted by Crippen LogP contribution is -1.79. The fourth-order valence-electron chi connectivity index (χ4n) is 0.969. The number of nitrogens with two attached hydrogens (primary N) is 1. The van der Waals surface area contributed by atoms with E-state index < -0.39 is 0 Å². The minimum atomic E-state index is 0.514. The maximum Gasteiger partial charge on any atom is 0.203 e. The van der Waals surface area contributed by atoms with Crippen LogP contribution in [0.15, 0.2) is 33.5 Å². The van der Waals surface area contributed by atoms with Crippen LogP contribution in [-0.4, -0.2) is 10.2 Å². The van der Waals surface area contributed by atoms with Gasteiger partial charge in [0.1, 0.15) is 0 Å². The van der Waals surface area contributed by atoms with Crippen molar-refractivity contribution in [3.8, 4) is 0 Å². The molecule has 0 unspecified atom stereocenters. The predicted molar refractivity (Wildman–Crippen MR) is 59.6 cm³/mol. The van der Waals surface area contributed by atoms with E-state index in [2.05, 4.69) is 41.4 Å². The van der Waals surface area contributed by atoms with Gasteiger partial charge in [0.25, 0.3) is 0 Å². The minimum absolute atomic E-state index is 0.514. The lowest BCUT2D eigenvalue weighted by atomic mass is 10.2. The van der Waals surface area contributed by atoms with Gasteiger partial charge in [-0.2, -0.15) is 0 Å². The Morgan fingerprint density at radius 2 is 1.93 bits per heavy atom. The van der Waals surface area contributed by atoms with Crippen LogP contribution in [0.5, 0.6) is 0 Å². The number of anilines is 1. The number of hydrogen-bond donors (Lipinski definition) is 1. The van der Waals surface area contributed by atoms with Crippen molar-refractivity contribution < 1.29 is 0 Å². The summed E-state index contributed by atoms with van der Waals surface area (Å²) < 4.78 is 0.881. The van der Waals surface area contributed by atoms with Gasteiger partial charge in [0.15, 0.2) is 4.34 Å². The molecular formula is C9H9N3S2. The second kappa shape index (κ2) is 3.98. The molecule has 0 aliphatic carbocycles. The van der Waals surface area contributed by atoms with E-state index in [0.29, 0.717) is 5.13 Å². The van der Waals surface area contributed by atoms with Crippen molar-refractivity contribution in [2.24, 2.45) is 0 Å². The topological polar surface area (TPSA) is 51.8 Å². The van der Waals surface area contributed by atoms with E-state index >= 15 is 0 Å². The van der Waals surface area contributed by atoms with Gasteiger partial charge >= 0.3 is 0 Å². The van der Waals surface area contributed by atoms with Crippen LogP contribution in [0, 0.1) is 6.92 Å². The number of benzene rings is 1. The fraction of sp³-hybridized carbons (Fsp3) is 0.111. The van der Waals surface area contributed by atoms with E-state index in [4.69, 9.17) is 5.73 Å². The molecule has 1 heterocycles. The van der Waals surface area contributed by atoms with Gasteiger partial charge in [-0.25, -0.2) is 0 Å². The van der Waals surface area contributed by atoms with Gasteiger partial charge in [-0.15, -0.1) is 10.2 Å². The summed E-state index contributed by atoms with van der Waals surface area (Å²) >= 11 is 2.99. The highest BCUT2D eigenvalue weighted by Crippen LogP contribution is 2.30. The van der Waals surface area contributed by atoms with E-state index in [-0.39, 0.29) is 0 Å². The molecule has 0 radical (unpaired) electrons. The molecule has 1 aromatic carbocycles. The average Bonchev–Trinajstić information content (AvgIpc) is 2.56. The van der Waals surface area contributed by atoms with Crippen molar-refractivity contribution in [3.05, 3.63) is 29.8 Å². The van der Waals surface area contributed by atoms with E-state index in [0.717, 1.165) is 9.24 Å². The number of hydrogen-bond acceptors (Lipinski definition) is 5. The lowest BCUT2D eigenvalue weighted by Gasteiger charge is -1.96. The first kappa shape index (κ1) is 9.48. The van der Waals surface area contributed by atoms with Crippen LogP contribution >= 0.6 is 23.1 Å². The first-order valence-electron chi connectivity index (χ1n) is 4.07. The average molecular weight is 223 g/mol. The largest absolute Gasteiger partial charge is 0.374 e. The molecule has 5 heteroatoms. The van der Waals surface area contributed by atoms with Gasteiger partial charge in [0.05, 0.1) is 0 Å². The molecule has 0 saturated carbocycles. The maximum atomic E-state index is 5.49. The summed E-state index contributed by atoms with van der Waals surface area (Å²) in [7, 11) is 0. The van der Waals surface area contributed by atoms with Gasteiger partial charge < -0.3 is 5.73 Å². The van der Waals surface area contributed by atoms with Gasteiger partial charge in [0, 0.05) is 4.90 Å². The van der Waals surface area contributed by atoms with Gasteiger partial charge in [0.2, 0.25) is 5.13 Å². The summed E-state index contributed by atoms with van der Waals surface area (Å²) in [6.45, 7) is 2.07. The molecule has 0 bridgehead atoms. The Morgan fingerprint density at radius 3 is 2.50 bits per heavy atom. The first-order chi connectivity index (χ1) is 6.74. The van der Waals surface area contributed by atoms with E-state index in [1.807, 2.05) is 0 Å². The number of nitrogens with zero attached hydrogens (tertiary/aromatic N) is 2. The molecule has 0 aliphatic rings. The minimum Gasteiger partial charge on any atom is -0.374 e. The molecule has 0 spiro atoms. The summed E-state index contributed by atoms with van der Waals surface area (Å²) in [4.78, 5) is 1.16. The summed E-state index contributed by atoms with van der Waals surface area (Å²) in [5.74, 6) is 0. The van der Waals surface area contributed by atoms with Crippen molar-refractivity contribution in [2.45, 2.75) is 16.2 Å². The number of aryl methyl sites for hydroxylation is 1. The van der Waals surface area contributed by atoms with Crippen LogP contribution < -0.4 is 5.73 Å². The first-order valence-corrected chi connectivity index (χ1v) is 5.71. The zero-order valence-corrected chi connectivity index (χ0v) is 9.23. The van der Waals surface area contributed by atoms with Crippen molar-refractivity contribution in [1.29, 1.82) is 0 Å². The molecule has 72 valence electrons. The van der Waals surface area contributed by atoms with E-state index in [1.54, 1.807) is 11.8 Å². The Kier molecular flexibility index (Phi) is 2.69. The highest BCUT2D eigenvalue weighted by molar-refractivity contribution is 8.01. The second-order valence-corrected chi connectivity index (χ2v) is 5.15. The van der Waals surface area contributed by atoms with Gasteiger partial charge in [-0.3, -0.25) is 0 Å². The highest BCUT2D eigenvalue weighted by Gasteiger charge is 2.02. The third-order valence-electron chi connectivity index (χ3n) is 1.65. The maximum absolute atomic E-state index is 5.49. The third kappa shape index (κ3) is 2.24. The fourth-order valence-corrected chi connectivity index (χ4v) is 2.58. The number of aromatic nitrogens is 2. The molecule has 0 fully saturated rings. The highest BCUT2D eigenvalue weighted by atomic mass is 32.2. The van der Waals surface area contributed by atoms with E-state index in [9.17, 15) is 0 Å². The van der Waals surface area contributed by atoms with Crippen molar-refractivity contribution in [2.75, 3.05) is 5.73 Å². The summed E-state index contributed by atoms with van der Waals surface area (Å²) in [6, 6.07) is 8.29. The molecular weight excluding hydrogens is 214 g/mol. The lowest BCUT2D eigenvalue weighted by molar-refractivity contribution is 1.02. The molecule has 0 aliphatic heterocycles. The zero-order valence-electron chi connectivity index (χ0n) is 7.60. The number of rotatable bonds is 2. The Bertz CT molecular complexity index is 422.